The normalized spacial score (nSPS) is 22.7. The van der Waals surface area contributed by atoms with Crippen molar-refractivity contribution in [3.8, 4) is 0 Å². The number of esters is 1. The Kier molecular flexibility index (Phi) is 5.58. The molecule has 0 aromatic heterocycles. The molecule has 4 heteroatoms. The minimum Gasteiger partial charge on any atom is -0.449 e. The summed E-state index contributed by atoms with van der Waals surface area (Å²) in [7, 11) is 0. The van der Waals surface area contributed by atoms with Crippen molar-refractivity contribution in [3.63, 3.8) is 0 Å². The van der Waals surface area contributed by atoms with E-state index < -0.39 is 12.1 Å². The van der Waals surface area contributed by atoms with E-state index in [1.807, 2.05) is 13.0 Å². The van der Waals surface area contributed by atoms with Crippen LogP contribution < -0.4 is 5.32 Å². The van der Waals surface area contributed by atoms with E-state index in [-0.39, 0.29) is 11.9 Å². The van der Waals surface area contributed by atoms with Gasteiger partial charge in [0.25, 0.3) is 5.91 Å². The predicted molar refractivity (Wildman–Crippen MR) is 85.6 cm³/mol. The van der Waals surface area contributed by atoms with Gasteiger partial charge in [-0.05, 0) is 44.7 Å². The van der Waals surface area contributed by atoms with Gasteiger partial charge in [0.1, 0.15) is 0 Å². The van der Waals surface area contributed by atoms with Crippen molar-refractivity contribution in [3.05, 3.63) is 35.4 Å². The van der Waals surface area contributed by atoms with Crippen molar-refractivity contribution in [2.24, 2.45) is 5.92 Å². The van der Waals surface area contributed by atoms with Crippen molar-refractivity contribution in [1.29, 1.82) is 0 Å². The van der Waals surface area contributed by atoms with Gasteiger partial charge in [0.05, 0.1) is 5.56 Å². The molecule has 3 atom stereocenters. The highest BCUT2D eigenvalue weighted by Crippen LogP contribution is 2.23. The molecule has 1 aliphatic rings. The first-order valence-corrected chi connectivity index (χ1v) is 8.05. The van der Waals surface area contributed by atoms with Crippen LogP contribution in [0.2, 0.25) is 0 Å². The molecule has 0 saturated heterocycles. The topological polar surface area (TPSA) is 55.4 Å². The van der Waals surface area contributed by atoms with E-state index in [4.69, 9.17) is 4.74 Å². The van der Waals surface area contributed by atoms with Gasteiger partial charge in [-0.3, -0.25) is 4.79 Å². The summed E-state index contributed by atoms with van der Waals surface area (Å²) in [5.74, 6) is -0.180. The molecule has 0 aliphatic heterocycles. The highest BCUT2D eigenvalue weighted by Gasteiger charge is 2.26. The third-order valence-electron chi connectivity index (χ3n) is 4.35. The Hall–Kier alpha value is -1.84. The van der Waals surface area contributed by atoms with Gasteiger partial charge in [-0.2, -0.15) is 0 Å². The van der Waals surface area contributed by atoms with Crippen molar-refractivity contribution in [1.82, 2.24) is 5.32 Å². The Morgan fingerprint density at radius 2 is 2.00 bits per heavy atom. The van der Waals surface area contributed by atoms with Crippen LogP contribution in [-0.4, -0.2) is 24.0 Å². The molecule has 1 N–H and O–H groups in total. The summed E-state index contributed by atoms with van der Waals surface area (Å²) in [5, 5.41) is 3.02. The van der Waals surface area contributed by atoms with Crippen LogP contribution in [0.4, 0.5) is 0 Å². The Bertz CT molecular complexity index is 541. The number of ether oxygens (including phenoxy) is 1. The molecule has 1 aromatic rings. The van der Waals surface area contributed by atoms with Crippen LogP contribution in [0.15, 0.2) is 24.3 Å². The Morgan fingerprint density at radius 3 is 2.68 bits per heavy atom. The van der Waals surface area contributed by atoms with E-state index >= 15 is 0 Å². The maximum atomic E-state index is 12.2. The van der Waals surface area contributed by atoms with Crippen LogP contribution in [0, 0.1) is 12.8 Å². The number of hydrogen-bond donors (Lipinski definition) is 1. The lowest BCUT2D eigenvalue weighted by Crippen LogP contribution is -2.45. The molecule has 0 bridgehead atoms. The lowest BCUT2D eigenvalue weighted by molar-refractivity contribution is -0.130. The first-order chi connectivity index (χ1) is 10.5. The summed E-state index contributed by atoms with van der Waals surface area (Å²) in [5.41, 5.74) is 1.47. The van der Waals surface area contributed by atoms with Crippen LogP contribution in [0.5, 0.6) is 0 Å². The van der Waals surface area contributed by atoms with E-state index in [2.05, 4.69) is 12.2 Å². The second kappa shape index (κ2) is 7.43. The number of aryl methyl sites for hydroxylation is 1. The molecule has 1 saturated carbocycles. The van der Waals surface area contributed by atoms with Gasteiger partial charge in [0.2, 0.25) is 0 Å². The molecule has 1 fully saturated rings. The van der Waals surface area contributed by atoms with E-state index in [1.165, 1.54) is 6.42 Å². The van der Waals surface area contributed by atoms with E-state index in [0.29, 0.717) is 11.5 Å². The smallest absolute Gasteiger partial charge is 0.338 e. The molecule has 1 aliphatic carbocycles. The van der Waals surface area contributed by atoms with Gasteiger partial charge >= 0.3 is 5.97 Å². The van der Waals surface area contributed by atoms with Crippen molar-refractivity contribution in [2.75, 3.05) is 0 Å². The van der Waals surface area contributed by atoms with E-state index in [0.717, 1.165) is 24.8 Å². The van der Waals surface area contributed by atoms with Crippen LogP contribution in [0.1, 0.15) is 55.5 Å². The van der Waals surface area contributed by atoms with Gasteiger partial charge in [0, 0.05) is 6.04 Å². The summed E-state index contributed by atoms with van der Waals surface area (Å²) in [4.78, 5) is 24.3. The minimum absolute atomic E-state index is 0.196. The molecular formula is C18H25NO3. The number of nitrogens with one attached hydrogen (secondary N) is 1. The number of benzene rings is 1. The lowest BCUT2D eigenvalue weighted by atomic mass is 9.86. The highest BCUT2D eigenvalue weighted by atomic mass is 16.5. The zero-order chi connectivity index (χ0) is 16.1. The fraction of sp³-hybridized carbons (Fsp3) is 0.556. The molecule has 4 nitrogen and oxygen atoms in total. The van der Waals surface area contributed by atoms with Crippen LogP contribution in [0.3, 0.4) is 0 Å². The zero-order valence-corrected chi connectivity index (χ0v) is 13.6. The maximum Gasteiger partial charge on any atom is 0.338 e. The molecule has 0 spiro atoms. The zero-order valence-electron chi connectivity index (χ0n) is 13.6. The number of carbonyl (C=O) groups excluding carboxylic acids is 2. The predicted octanol–water partition coefficient (Wildman–Crippen LogP) is 3.24. The summed E-state index contributed by atoms with van der Waals surface area (Å²) in [6, 6.07) is 7.37. The fourth-order valence-electron chi connectivity index (χ4n) is 2.88. The molecule has 2 rings (SSSR count). The first-order valence-electron chi connectivity index (χ1n) is 8.05. The lowest BCUT2D eigenvalue weighted by Gasteiger charge is -2.30. The molecule has 0 radical (unpaired) electrons. The summed E-state index contributed by atoms with van der Waals surface area (Å²) >= 11 is 0. The third kappa shape index (κ3) is 4.33. The molecule has 22 heavy (non-hydrogen) atoms. The molecule has 1 aromatic carbocycles. The summed E-state index contributed by atoms with van der Waals surface area (Å²) in [6.07, 6.45) is 3.74. The minimum atomic E-state index is -0.776. The molecule has 120 valence electrons. The second-order valence-corrected chi connectivity index (χ2v) is 6.29. The largest absolute Gasteiger partial charge is 0.449 e. The third-order valence-corrected chi connectivity index (χ3v) is 4.35. The van der Waals surface area contributed by atoms with Crippen molar-refractivity contribution < 1.29 is 14.3 Å². The standard InChI is InChI=1S/C18H25NO3/c1-12-7-6-9-15(11-12)18(21)22-14(3)17(20)19-16-10-5-4-8-13(16)2/h6-7,9,11,13-14,16H,4-5,8,10H2,1-3H3,(H,19,20)/t13-,14+,16+/m0/s1. The molecule has 0 unspecified atom stereocenters. The number of hydrogen-bond acceptors (Lipinski definition) is 3. The Morgan fingerprint density at radius 1 is 1.27 bits per heavy atom. The van der Waals surface area contributed by atoms with Crippen molar-refractivity contribution in [2.45, 2.75) is 58.6 Å². The Balaban J connectivity index is 1.89. The van der Waals surface area contributed by atoms with E-state index in [9.17, 15) is 9.59 Å². The number of amides is 1. The van der Waals surface area contributed by atoms with Gasteiger partial charge in [0.15, 0.2) is 6.10 Å². The van der Waals surface area contributed by atoms with Crippen LogP contribution in [0.25, 0.3) is 0 Å². The van der Waals surface area contributed by atoms with Gasteiger partial charge < -0.3 is 10.1 Å². The van der Waals surface area contributed by atoms with Crippen LogP contribution >= 0.6 is 0 Å². The van der Waals surface area contributed by atoms with Gasteiger partial charge in [-0.25, -0.2) is 4.79 Å². The summed E-state index contributed by atoms with van der Waals surface area (Å²) < 4.78 is 5.28. The average Bonchev–Trinajstić information content (AvgIpc) is 2.49. The van der Waals surface area contributed by atoms with Crippen LogP contribution in [-0.2, 0) is 9.53 Å². The maximum absolute atomic E-state index is 12.2. The number of carbonyl (C=O) groups is 2. The SMILES string of the molecule is Cc1cccc(C(=O)O[C@H](C)C(=O)N[C@@H]2CCCC[C@@H]2C)c1. The quantitative estimate of drug-likeness (QED) is 0.869. The monoisotopic (exact) mass is 303 g/mol. The number of rotatable bonds is 4. The second-order valence-electron chi connectivity index (χ2n) is 6.29. The van der Waals surface area contributed by atoms with Crippen molar-refractivity contribution >= 4 is 11.9 Å². The van der Waals surface area contributed by atoms with Gasteiger partial charge in [-0.15, -0.1) is 0 Å². The first kappa shape index (κ1) is 16.5. The molecular weight excluding hydrogens is 278 g/mol. The molecule has 1 amide bonds. The van der Waals surface area contributed by atoms with Gasteiger partial charge in [-0.1, -0.05) is 37.5 Å². The Labute approximate surface area is 132 Å². The highest BCUT2D eigenvalue weighted by molar-refractivity contribution is 5.92. The summed E-state index contributed by atoms with van der Waals surface area (Å²) in [6.45, 7) is 5.70. The fourth-order valence-corrected chi connectivity index (χ4v) is 2.88. The average molecular weight is 303 g/mol. The molecule has 0 heterocycles. The van der Waals surface area contributed by atoms with E-state index in [1.54, 1.807) is 25.1 Å².